The van der Waals surface area contributed by atoms with E-state index < -0.39 is 21.8 Å². The van der Waals surface area contributed by atoms with Gasteiger partial charge in [-0.25, -0.2) is 8.42 Å². The molecule has 0 unspecified atom stereocenters. The summed E-state index contributed by atoms with van der Waals surface area (Å²) < 4.78 is 33.3. The van der Waals surface area contributed by atoms with Crippen LogP contribution in [-0.4, -0.2) is 32.3 Å². The van der Waals surface area contributed by atoms with Crippen LogP contribution in [0, 0.1) is 0 Å². The maximum absolute atomic E-state index is 12.8. The standard InChI is InChI=1S/C24H20N4O5S/c1-33-21-13-3-2-12-20(21)28-34(31,32)18-10-4-8-17(15-18)23(29)26-27-24(30)19-11-5-7-16-9-6-14-25-22(16)19/h2-15,28H,1H3,(H,26,29)(H,27,30). The van der Waals surface area contributed by atoms with Crippen molar-refractivity contribution in [2.75, 3.05) is 11.8 Å². The lowest BCUT2D eigenvalue weighted by Crippen LogP contribution is -2.41. The predicted octanol–water partition coefficient (Wildman–Crippen LogP) is 3.12. The van der Waals surface area contributed by atoms with Crippen molar-refractivity contribution in [3.05, 3.63) is 96.2 Å². The first-order chi connectivity index (χ1) is 16.4. The number of benzene rings is 3. The van der Waals surface area contributed by atoms with Gasteiger partial charge in [0, 0.05) is 17.1 Å². The number of carbonyl (C=O) groups is 2. The molecule has 1 aromatic heterocycles. The number of rotatable bonds is 6. The first-order valence-electron chi connectivity index (χ1n) is 10.1. The van der Waals surface area contributed by atoms with Gasteiger partial charge in [0.05, 0.1) is 28.8 Å². The number of anilines is 1. The second-order valence-electron chi connectivity index (χ2n) is 7.12. The summed E-state index contributed by atoms with van der Waals surface area (Å²) in [6, 6.07) is 20.7. The summed E-state index contributed by atoms with van der Waals surface area (Å²) in [6.07, 6.45) is 1.57. The topological polar surface area (TPSA) is 126 Å². The predicted molar refractivity (Wildman–Crippen MR) is 127 cm³/mol. The summed E-state index contributed by atoms with van der Waals surface area (Å²) in [5.74, 6) is -0.888. The number of hydrogen-bond acceptors (Lipinski definition) is 6. The van der Waals surface area contributed by atoms with E-state index in [2.05, 4.69) is 20.6 Å². The van der Waals surface area contributed by atoms with Crippen LogP contribution >= 0.6 is 0 Å². The zero-order valence-corrected chi connectivity index (χ0v) is 18.8. The number of sulfonamides is 1. The van der Waals surface area contributed by atoms with Crippen LogP contribution < -0.4 is 20.3 Å². The van der Waals surface area contributed by atoms with Crippen molar-refractivity contribution in [1.82, 2.24) is 15.8 Å². The zero-order chi connectivity index (χ0) is 24.1. The number of pyridine rings is 1. The van der Waals surface area contributed by atoms with Crippen LogP contribution in [0.3, 0.4) is 0 Å². The molecule has 0 atom stereocenters. The molecule has 172 valence electrons. The number of fused-ring (bicyclic) bond motifs is 1. The molecule has 3 N–H and O–H groups in total. The molecular weight excluding hydrogens is 456 g/mol. The first kappa shape index (κ1) is 22.7. The number of methoxy groups -OCH3 is 1. The molecule has 2 amide bonds. The number of ether oxygens (including phenoxy) is 1. The molecule has 1 heterocycles. The monoisotopic (exact) mass is 476 g/mol. The first-order valence-corrected chi connectivity index (χ1v) is 11.6. The van der Waals surface area contributed by atoms with Gasteiger partial charge in [-0.05, 0) is 42.5 Å². The molecule has 0 aliphatic carbocycles. The number of hydrazine groups is 1. The Balaban J connectivity index is 1.49. The SMILES string of the molecule is COc1ccccc1NS(=O)(=O)c1cccc(C(=O)NNC(=O)c2cccc3cccnc23)c1. The van der Waals surface area contributed by atoms with Crippen LogP contribution in [0.2, 0.25) is 0 Å². The molecule has 0 saturated heterocycles. The van der Waals surface area contributed by atoms with Gasteiger partial charge in [0.15, 0.2) is 0 Å². The Kier molecular flexibility index (Phi) is 6.42. The van der Waals surface area contributed by atoms with Crippen LogP contribution in [0.1, 0.15) is 20.7 Å². The molecule has 0 aliphatic rings. The fourth-order valence-electron chi connectivity index (χ4n) is 3.28. The molecule has 0 radical (unpaired) electrons. The molecule has 10 heteroatoms. The molecule has 9 nitrogen and oxygen atoms in total. The third kappa shape index (κ3) is 4.81. The minimum absolute atomic E-state index is 0.0410. The van der Waals surface area contributed by atoms with Gasteiger partial charge in [0.2, 0.25) is 0 Å². The van der Waals surface area contributed by atoms with Crippen molar-refractivity contribution in [2.45, 2.75) is 4.90 Å². The number of nitrogens with one attached hydrogen (secondary N) is 3. The van der Waals surface area contributed by atoms with E-state index in [4.69, 9.17) is 4.74 Å². The van der Waals surface area contributed by atoms with Crippen molar-refractivity contribution in [2.24, 2.45) is 0 Å². The summed E-state index contributed by atoms with van der Waals surface area (Å²) in [7, 11) is -2.57. The van der Waals surface area contributed by atoms with Crippen LogP contribution in [0.15, 0.2) is 90.0 Å². The number of hydrogen-bond donors (Lipinski definition) is 3. The molecule has 4 aromatic rings. The third-order valence-corrected chi connectivity index (χ3v) is 6.29. The highest BCUT2D eigenvalue weighted by Gasteiger charge is 2.19. The van der Waals surface area contributed by atoms with Gasteiger partial charge >= 0.3 is 0 Å². The van der Waals surface area contributed by atoms with E-state index in [0.717, 1.165) is 5.39 Å². The molecular formula is C24H20N4O5S. The fraction of sp³-hybridized carbons (Fsp3) is 0.0417. The molecule has 34 heavy (non-hydrogen) atoms. The van der Waals surface area contributed by atoms with Gasteiger partial charge in [0.1, 0.15) is 5.75 Å². The van der Waals surface area contributed by atoms with E-state index in [1.807, 2.05) is 12.1 Å². The Bertz CT molecular complexity index is 1480. The molecule has 3 aromatic carbocycles. The van der Waals surface area contributed by atoms with Crippen LogP contribution in [0.5, 0.6) is 5.75 Å². The minimum atomic E-state index is -4.01. The highest BCUT2D eigenvalue weighted by atomic mass is 32.2. The van der Waals surface area contributed by atoms with Gasteiger partial charge < -0.3 is 4.74 Å². The minimum Gasteiger partial charge on any atom is -0.495 e. The number of amides is 2. The maximum atomic E-state index is 12.8. The van der Waals surface area contributed by atoms with E-state index in [1.54, 1.807) is 48.7 Å². The fourth-order valence-corrected chi connectivity index (χ4v) is 4.39. The van der Waals surface area contributed by atoms with Crippen molar-refractivity contribution in [3.8, 4) is 5.75 Å². The number of carbonyl (C=O) groups excluding carboxylic acids is 2. The summed E-state index contributed by atoms with van der Waals surface area (Å²) in [4.78, 5) is 29.3. The highest BCUT2D eigenvalue weighted by Crippen LogP contribution is 2.26. The molecule has 4 rings (SSSR count). The molecule has 0 fully saturated rings. The lowest BCUT2D eigenvalue weighted by Gasteiger charge is -2.12. The quantitative estimate of drug-likeness (QED) is 0.367. The Labute approximate surface area is 195 Å². The van der Waals surface area contributed by atoms with Crippen LogP contribution in [0.4, 0.5) is 5.69 Å². The smallest absolute Gasteiger partial charge is 0.271 e. The maximum Gasteiger partial charge on any atom is 0.271 e. The normalized spacial score (nSPS) is 11.0. The van der Waals surface area contributed by atoms with E-state index in [1.165, 1.54) is 31.4 Å². The second kappa shape index (κ2) is 9.59. The third-order valence-electron chi connectivity index (χ3n) is 4.92. The second-order valence-corrected chi connectivity index (χ2v) is 8.80. The Morgan fingerprint density at radius 3 is 2.41 bits per heavy atom. The Morgan fingerprint density at radius 2 is 1.59 bits per heavy atom. The van der Waals surface area contributed by atoms with E-state index in [9.17, 15) is 18.0 Å². The number of para-hydroxylation sites is 3. The van der Waals surface area contributed by atoms with Crippen LogP contribution in [0.25, 0.3) is 10.9 Å². The summed E-state index contributed by atoms with van der Waals surface area (Å²) in [5.41, 5.74) is 5.73. The highest BCUT2D eigenvalue weighted by molar-refractivity contribution is 7.92. The number of aromatic nitrogens is 1. The van der Waals surface area contributed by atoms with Gasteiger partial charge in [0.25, 0.3) is 21.8 Å². The molecule has 0 bridgehead atoms. The average Bonchev–Trinajstić information content (AvgIpc) is 2.87. The zero-order valence-electron chi connectivity index (χ0n) is 18.0. The van der Waals surface area contributed by atoms with E-state index in [0.29, 0.717) is 11.3 Å². The van der Waals surface area contributed by atoms with Gasteiger partial charge in [-0.3, -0.25) is 30.1 Å². The van der Waals surface area contributed by atoms with Crippen molar-refractivity contribution in [3.63, 3.8) is 0 Å². The van der Waals surface area contributed by atoms with Crippen molar-refractivity contribution >= 4 is 38.4 Å². The Hall–Kier alpha value is -4.44. The van der Waals surface area contributed by atoms with Gasteiger partial charge in [-0.1, -0.05) is 36.4 Å². The van der Waals surface area contributed by atoms with Crippen molar-refractivity contribution in [1.29, 1.82) is 0 Å². The molecule has 0 aliphatic heterocycles. The number of nitrogens with zero attached hydrogens (tertiary/aromatic N) is 1. The van der Waals surface area contributed by atoms with E-state index in [-0.39, 0.29) is 21.7 Å². The average molecular weight is 477 g/mol. The lowest BCUT2D eigenvalue weighted by molar-refractivity contribution is 0.0847. The van der Waals surface area contributed by atoms with Gasteiger partial charge in [-0.15, -0.1) is 0 Å². The van der Waals surface area contributed by atoms with Crippen molar-refractivity contribution < 1.29 is 22.7 Å². The summed E-state index contributed by atoms with van der Waals surface area (Å²) in [5, 5.41) is 0.780. The summed E-state index contributed by atoms with van der Waals surface area (Å²) in [6.45, 7) is 0. The molecule has 0 spiro atoms. The summed E-state index contributed by atoms with van der Waals surface area (Å²) >= 11 is 0. The van der Waals surface area contributed by atoms with E-state index >= 15 is 0 Å². The van der Waals surface area contributed by atoms with Gasteiger partial charge in [-0.2, -0.15) is 0 Å². The largest absolute Gasteiger partial charge is 0.495 e. The Morgan fingerprint density at radius 1 is 0.853 bits per heavy atom. The molecule has 0 saturated carbocycles. The van der Waals surface area contributed by atoms with Crippen LogP contribution in [-0.2, 0) is 10.0 Å². The lowest BCUT2D eigenvalue weighted by atomic mass is 10.1.